The van der Waals surface area contributed by atoms with Crippen LogP contribution in [-0.2, 0) is 16.1 Å². The number of hydrogen-bond donors (Lipinski definition) is 1. The normalized spacial score (nSPS) is 13.7. The second-order valence-corrected chi connectivity index (χ2v) is 7.22. The minimum Gasteiger partial charge on any atom is -0.379 e. The lowest BCUT2D eigenvalue weighted by Gasteiger charge is -2.23. The van der Waals surface area contributed by atoms with E-state index in [2.05, 4.69) is 22.9 Å². The number of aromatic nitrogens is 1. The summed E-state index contributed by atoms with van der Waals surface area (Å²) in [7, 11) is 0. The van der Waals surface area contributed by atoms with Gasteiger partial charge in [-0.25, -0.2) is 0 Å². The summed E-state index contributed by atoms with van der Waals surface area (Å²) in [5.41, 5.74) is 1.84. The molecule has 1 unspecified atom stereocenters. The Labute approximate surface area is 162 Å². The fourth-order valence-electron chi connectivity index (χ4n) is 2.81. The van der Waals surface area contributed by atoms with Crippen LogP contribution in [0.4, 0.5) is 0 Å². The van der Waals surface area contributed by atoms with E-state index in [4.69, 9.17) is 4.74 Å². The van der Waals surface area contributed by atoms with Crippen molar-refractivity contribution in [3.63, 3.8) is 0 Å². The second-order valence-electron chi connectivity index (χ2n) is 7.22. The molecule has 1 rings (SSSR count). The zero-order valence-corrected chi connectivity index (χ0v) is 17.2. The van der Waals surface area contributed by atoms with Crippen molar-refractivity contribution in [3.05, 3.63) is 28.6 Å². The number of amides is 1. The van der Waals surface area contributed by atoms with Crippen LogP contribution in [0.5, 0.6) is 0 Å². The van der Waals surface area contributed by atoms with Gasteiger partial charge in [-0.15, -0.1) is 0 Å². The molecule has 1 amide bonds. The first-order valence-electron chi connectivity index (χ1n) is 9.31. The van der Waals surface area contributed by atoms with Crippen LogP contribution in [0.25, 0.3) is 6.08 Å². The molecule has 0 saturated carbocycles. The summed E-state index contributed by atoms with van der Waals surface area (Å²) >= 11 is 0. The smallest absolute Gasteiger partial charge is 0.263 e. The maximum Gasteiger partial charge on any atom is 0.263 e. The summed E-state index contributed by atoms with van der Waals surface area (Å²) in [5, 5.41) is 21.6. The molecule has 0 aromatic carbocycles. The Kier molecular flexibility index (Phi) is 8.28. The molecule has 0 aliphatic heterocycles. The molecular weight excluding hydrogens is 340 g/mol. The lowest BCUT2D eigenvalue weighted by atomic mass is 9.99. The summed E-state index contributed by atoms with van der Waals surface area (Å²) < 4.78 is 7.64. The van der Waals surface area contributed by atoms with E-state index in [1.807, 2.05) is 39.8 Å². The number of nitrogens with zero attached hydrogens (tertiary/aromatic N) is 3. The van der Waals surface area contributed by atoms with Crippen LogP contribution >= 0.6 is 0 Å². The van der Waals surface area contributed by atoms with Crippen LogP contribution in [0, 0.1) is 36.5 Å². The first-order valence-corrected chi connectivity index (χ1v) is 9.31. The Bertz CT molecular complexity index is 777. The van der Waals surface area contributed by atoms with Crippen molar-refractivity contribution in [2.24, 2.45) is 0 Å². The average Bonchev–Trinajstić information content (AvgIpc) is 2.86. The molecule has 6 nitrogen and oxygen atoms in total. The van der Waals surface area contributed by atoms with E-state index in [0.717, 1.165) is 29.9 Å². The van der Waals surface area contributed by atoms with Crippen LogP contribution < -0.4 is 5.32 Å². The van der Waals surface area contributed by atoms with Gasteiger partial charge in [-0.2, -0.15) is 10.5 Å². The number of hydrogen-bond acceptors (Lipinski definition) is 4. The van der Waals surface area contributed by atoms with E-state index in [9.17, 15) is 15.3 Å². The predicted molar refractivity (Wildman–Crippen MR) is 106 cm³/mol. The Morgan fingerprint density at radius 1 is 1.41 bits per heavy atom. The summed E-state index contributed by atoms with van der Waals surface area (Å²) in [6.45, 7) is 12.8. The van der Waals surface area contributed by atoms with Gasteiger partial charge in [0.15, 0.2) is 0 Å². The fourth-order valence-corrected chi connectivity index (χ4v) is 2.81. The number of carbonyl (C=O) groups is 1. The number of rotatable bonds is 9. The van der Waals surface area contributed by atoms with Gasteiger partial charge in [0.2, 0.25) is 0 Å². The molecule has 0 aliphatic rings. The summed E-state index contributed by atoms with van der Waals surface area (Å²) in [4.78, 5) is 12.6. The molecular formula is C21H30N4O2. The van der Waals surface area contributed by atoms with Crippen molar-refractivity contribution in [2.45, 2.75) is 72.6 Å². The molecule has 1 aromatic rings. The highest BCUT2D eigenvalue weighted by molar-refractivity contribution is 6.02. The van der Waals surface area contributed by atoms with Gasteiger partial charge in [0, 0.05) is 24.4 Å². The molecule has 1 aromatic heterocycles. The number of nitriles is 2. The maximum atomic E-state index is 12.6. The second kappa shape index (κ2) is 9.94. The number of aryl methyl sites for hydroxylation is 1. The van der Waals surface area contributed by atoms with Crippen molar-refractivity contribution >= 4 is 12.0 Å². The molecule has 0 bridgehead atoms. The van der Waals surface area contributed by atoms with Gasteiger partial charge in [-0.1, -0.05) is 6.92 Å². The third kappa shape index (κ3) is 6.27. The van der Waals surface area contributed by atoms with Gasteiger partial charge in [0.1, 0.15) is 17.2 Å². The molecule has 27 heavy (non-hydrogen) atoms. The van der Waals surface area contributed by atoms with Gasteiger partial charge in [-0.3, -0.25) is 4.79 Å². The zero-order valence-electron chi connectivity index (χ0n) is 17.2. The van der Waals surface area contributed by atoms with Crippen molar-refractivity contribution in [1.82, 2.24) is 9.88 Å². The average molecular weight is 370 g/mol. The van der Waals surface area contributed by atoms with E-state index < -0.39 is 11.4 Å². The van der Waals surface area contributed by atoms with E-state index in [0.29, 0.717) is 13.0 Å². The summed E-state index contributed by atoms with van der Waals surface area (Å²) in [6, 6.07) is 6.04. The molecule has 0 aliphatic carbocycles. The minimum atomic E-state index is -1.10. The van der Waals surface area contributed by atoms with Crippen LogP contribution in [0.3, 0.4) is 0 Å². The first-order chi connectivity index (χ1) is 12.7. The lowest BCUT2D eigenvalue weighted by Crippen LogP contribution is -2.46. The Balaban J connectivity index is 3.00. The fraction of sp³-hybridized carbons (Fsp3) is 0.571. The Morgan fingerprint density at radius 2 is 2.07 bits per heavy atom. The molecule has 0 spiro atoms. The van der Waals surface area contributed by atoms with E-state index in [1.165, 1.54) is 0 Å². The van der Waals surface area contributed by atoms with Gasteiger partial charge >= 0.3 is 0 Å². The van der Waals surface area contributed by atoms with Gasteiger partial charge in [0.25, 0.3) is 5.91 Å². The van der Waals surface area contributed by atoms with Crippen molar-refractivity contribution < 1.29 is 9.53 Å². The highest BCUT2D eigenvalue weighted by Crippen LogP contribution is 2.19. The molecule has 0 saturated heterocycles. The minimum absolute atomic E-state index is 0.0157. The van der Waals surface area contributed by atoms with Crippen molar-refractivity contribution in [2.75, 3.05) is 6.61 Å². The highest BCUT2D eigenvalue weighted by Gasteiger charge is 2.27. The standard InChI is InChI=1S/C21H30N4O2/c1-7-9-25-16(4)11-18(17(25)5)12-19(13-22)20(26)24-21(6,14-23)8-10-27-15(2)3/h11-12,15H,7-10H2,1-6H3,(H,24,26)/b19-12+. The molecule has 1 N–H and O–H groups in total. The van der Waals surface area contributed by atoms with Gasteiger partial charge < -0.3 is 14.6 Å². The lowest BCUT2D eigenvalue weighted by molar-refractivity contribution is -0.118. The molecule has 0 radical (unpaired) electrons. The highest BCUT2D eigenvalue weighted by atomic mass is 16.5. The van der Waals surface area contributed by atoms with Gasteiger partial charge in [-0.05, 0) is 58.7 Å². The number of carbonyl (C=O) groups excluding carboxylic acids is 1. The Morgan fingerprint density at radius 3 is 2.59 bits per heavy atom. The largest absolute Gasteiger partial charge is 0.379 e. The van der Waals surface area contributed by atoms with Crippen molar-refractivity contribution in [1.29, 1.82) is 10.5 Å². The Hall–Kier alpha value is -2.57. The topological polar surface area (TPSA) is 90.8 Å². The predicted octanol–water partition coefficient (Wildman–Crippen LogP) is 3.64. The SMILES string of the molecule is CCCn1c(C)cc(/C=C(\C#N)C(=O)NC(C)(C#N)CCOC(C)C)c1C. The third-order valence-electron chi connectivity index (χ3n) is 4.41. The summed E-state index contributed by atoms with van der Waals surface area (Å²) in [5.74, 6) is -0.550. The van der Waals surface area contributed by atoms with Crippen molar-refractivity contribution in [3.8, 4) is 12.1 Å². The number of ether oxygens (including phenoxy) is 1. The van der Waals surface area contributed by atoms with Crippen LogP contribution in [-0.4, -0.2) is 28.7 Å². The zero-order chi connectivity index (χ0) is 20.6. The van der Waals surface area contributed by atoms with E-state index in [-0.39, 0.29) is 11.7 Å². The third-order valence-corrected chi connectivity index (χ3v) is 4.41. The molecule has 1 atom stereocenters. The van der Waals surface area contributed by atoms with Crippen LogP contribution in [0.1, 0.15) is 57.5 Å². The molecule has 0 fully saturated rings. The summed E-state index contributed by atoms with van der Waals surface area (Å²) in [6.07, 6.45) is 2.99. The molecule has 146 valence electrons. The quantitative estimate of drug-likeness (QED) is 0.531. The first kappa shape index (κ1) is 22.5. The number of nitrogens with one attached hydrogen (secondary N) is 1. The maximum absolute atomic E-state index is 12.6. The van der Waals surface area contributed by atoms with Crippen LogP contribution in [0.2, 0.25) is 0 Å². The van der Waals surface area contributed by atoms with E-state index in [1.54, 1.807) is 13.0 Å². The monoisotopic (exact) mass is 370 g/mol. The molecule has 1 heterocycles. The van der Waals surface area contributed by atoms with Gasteiger partial charge in [0.05, 0.1) is 18.8 Å². The molecule has 6 heteroatoms. The van der Waals surface area contributed by atoms with Crippen LogP contribution in [0.15, 0.2) is 11.6 Å². The van der Waals surface area contributed by atoms with E-state index >= 15 is 0 Å².